The van der Waals surface area contributed by atoms with Crippen LogP contribution in [0, 0.1) is 0 Å². The lowest BCUT2D eigenvalue weighted by atomic mass is 10.1. The van der Waals surface area contributed by atoms with E-state index in [1.54, 1.807) is 0 Å². The summed E-state index contributed by atoms with van der Waals surface area (Å²) in [5, 5.41) is 9.11. The van der Waals surface area contributed by atoms with Crippen LogP contribution < -0.4 is 0 Å². The smallest absolute Gasteiger partial charge is 0.341 e. The monoisotopic (exact) mass is 314 g/mol. The highest BCUT2D eigenvalue weighted by atomic mass is 32.2. The molecule has 0 aliphatic heterocycles. The Labute approximate surface area is 126 Å². The molecule has 0 unspecified atom stereocenters. The van der Waals surface area contributed by atoms with Crippen molar-refractivity contribution in [3.05, 3.63) is 24.3 Å². The number of phenolic OH excluding ortho intramolecular Hbond substituents is 1. The lowest BCUT2D eigenvalue weighted by molar-refractivity contribution is -0.133. The Morgan fingerprint density at radius 1 is 1.05 bits per heavy atom. The minimum absolute atomic E-state index is 0.0487. The molecular weight excluding hydrogens is 292 g/mol. The summed E-state index contributed by atoms with van der Waals surface area (Å²) in [6.45, 7) is 2.13. The molecule has 21 heavy (non-hydrogen) atoms. The lowest BCUT2D eigenvalue weighted by Gasteiger charge is -2.06. The van der Waals surface area contributed by atoms with Crippen LogP contribution in [0.5, 0.6) is 5.75 Å². The summed E-state index contributed by atoms with van der Waals surface area (Å²) in [6.07, 6.45) is 6.15. The fourth-order valence-electron chi connectivity index (χ4n) is 1.87. The fourth-order valence-corrected chi connectivity index (χ4v) is 2.77. The number of phenols is 1. The van der Waals surface area contributed by atoms with Gasteiger partial charge in [-0.05, 0) is 30.7 Å². The number of aromatic hydroxyl groups is 1. The zero-order valence-corrected chi connectivity index (χ0v) is 13.1. The molecule has 1 N–H and O–H groups in total. The van der Waals surface area contributed by atoms with Gasteiger partial charge in [-0.1, -0.05) is 39.0 Å². The van der Waals surface area contributed by atoms with Crippen LogP contribution >= 0.6 is 0 Å². The van der Waals surface area contributed by atoms with Gasteiger partial charge in [-0.25, -0.2) is 0 Å². The zero-order valence-electron chi connectivity index (χ0n) is 12.2. The molecule has 1 aromatic rings. The van der Waals surface area contributed by atoms with E-state index in [4.69, 9.17) is 5.11 Å². The average molecular weight is 314 g/mol. The first-order valence-corrected chi connectivity index (χ1v) is 8.63. The predicted molar refractivity (Wildman–Crippen MR) is 79.4 cm³/mol. The van der Waals surface area contributed by atoms with Gasteiger partial charge in [-0.2, -0.15) is 8.42 Å². The largest absolute Gasteiger partial charge is 0.508 e. The first kappa shape index (κ1) is 17.5. The number of carbonyl (C=O) groups excluding carboxylic acids is 1. The number of hydrogen-bond donors (Lipinski definition) is 1. The van der Waals surface area contributed by atoms with Crippen molar-refractivity contribution in [2.24, 2.45) is 0 Å². The number of unbranched alkanes of at least 4 members (excludes halogenated alkanes) is 5. The van der Waals surface area contributed by atoms with Gasteiger partial charge in [-0.3, -0.25) is 4.79 Å². The van der Waals surface area contributed by atoms with Gasteiger partial charge in [0.1, 0.15) is 10.6 Å². The van der Waals surface area contributed by atoms with Gasteiger partial charge in [0.05, 0.1) is 0 Å². The van der Waals surface area contributed by atoms with Crippen molar-refractivity contribution in [1.29, 1.82) is 0 Å². The van der Waals surface area contributed by atoms with Crippen molar-refractivity contribution in [3.8, 4) is 5.75 Å². The Morgan fingerprint density at radius 2 is 1.62 bits per heavy atom. The highest BCUT2D eigenvalue weighted by Crippen LogP contribution is 2.17. The molecule has 6 heteroatoms. The molecule has 0 radical (unpaired) electrons. The van der Waals surface area contributed by atoms with Crippen molar-refractivity contribution >= 4 is 16.1 Å². The molecule has 5 nitrogen and oxygen atoms in total. The third-order valence-corrected chi connectivity index (χ3v) is 4.32. The zero-order chi connectivity index (χ0) is 15.7. The minimum Gasteiger partial charge on any atom is -0.508 e. The van der Waals surface area contributed by atoms with Gasteiger partial charge >= 0.3 is 16.1 Å². The van der Waals surface area contributed by atoms with Crippen LogP contribution in [0.3, 0.4) is 0 Å². The summed E-state index contributed by atoms with van der Waals surface area (Å²) in [5.74, 6) is -0.786. The predicted octanol–water partition coefficient (Wildman–Crippen LogP) is 3.37. The topological polar surface area (TPSA) is 80.7 Å². The van der Waals surface area contributed by atoms with Crippen molar-refractivity contribution in [2.45, 2.75) is 56.8 Å². The van der Waals surface area contributed by atoms with Gasteiger partial charge in [0.15, 0.2) is 0 Å². The number of rotatable bonds is 9. The van der Waals surface area contributed by atoms with E-state index in [1.807, 2.05) is 0 Å². The molecule has 0 bridgehead atoms. The second-order valence-electron chi connectivity index (χ2n) is 4.92. The second kappa shape index (κ2) is 8.67. The summed E-state index contributed by atoms with van der Waals surface area (Å²) in [4.78, 5) is 11.4. The Balaban J connectivity index is 2.38. The Bertz CT molecular complexity index is 534. The van der Waals surface area contributed by atoms with E-state index >= 15 is 0 Å². The Hall–Kier alpha value is -1.56. The molecule has 1 aromatic carbocycles. The number of benzene rings is 1. The van der Waals surface area contributed by atoms with Gasteiger partial charge in [-0.15, -0.1) is 0 Å². The molecule has 0 atom stereocenters. The summed E-state index contributed by atoms with van der Waals surface area (Å²) in [5.41, 5.74) is 0. The maximum absolute atomic E-state index is 11.8. The van der Waals surface area contributed by atoms with E-state index in [-0.39, 0.29) is 17.1 Å². The standard InChI is InChI=1S/C15H22O5S/c1-2-3-4-5-6-7-8-15(17)20-21(18,19)14-11-9-13(16)10-12-14/h9-12,16H,2-8H2,1H3. The molecule has 0 saturated heterocycles. The van der Waals surface area contributed by atoms with E-state index in [0.29, 0.717) is 6.42 Å². The van der Waals surface area contributed by atoms with Crippen LogP contribution in [-0.2, 0) is 19.1 Å². The third-order valence-electron chi connectivity index (χ3n) is 3.06. The van der Waals surface area contributed by atoms with Crippen molar-refractivity contribution < 1.29 is 22.5 Å². The summed E-state index contributed by atoms with van der Waals surface area (Å²) >= 11 is 0. The van der Waals surface area contributed by atoms with Crippen LogP contribution in [0.15, 0.2) is 29.2 Å². The summed E-state index contributed by atoms with van der Waals surface area (Å²) in [6, 6.07) is 4.86. The molecule has 0 saturated carbocycles. The maximum atomic E-state index is 11.8. The van der Waals surface area contributed by atoms with Gasteiger partial charge in [0, 0.05) is 6.42 Å². The normalized spacial score (nSPS) is 11.3. The first-order valence-electron chi connectivity index (χ1n) is 7.22. The maximum Gasteiger partial charge on any atom is 0.341 e. The fraction of sp³-hybridized carbons (Fsp3) is 0.533. The van der Waals surface area contributed by atoms with Gasteiger partial charge in [0.2, 0.25) is 0 Å². The lowest BCUT2D eigenvalue weighted by Crippen LogP contribution is -2.13. The van der Waals surface area contributed by atoms with Crippen LogP contribution in [0.25, 0.3) is 0 Å². The van der Waals surface area contributed by atoms with Crippen molar-refractivity contribution in [3.63, 3.8) is 0 Å². The molecule has 0 aliphatic rings. The molecule has 0 fully saturated rings. The Morgan fingerprint density at radius 3 is 2.24 bits per heavy atom. The molecule has 0 aliphatic carbocycles. The molecular formula is C15H22O5S. The molecule has 0 amide bonds. The quantitative estimate of drug-likeness (QED) is 0.558. The average Bonchev–Trinajstić information content (AvgIpc) is 2.42. The van der Waals surface area contributed by atoms with Crippen molar-refractivity contribution in [1.82, 2.24) is 0 Å². The highest BCUT2D eigenvalue weighted by molar-refractivity contribution is 7.87. The Kier molecular flexibility index (Phi) is 7.22. The van der Waals surface area contributed by atoms with Crippen LogP contribution in [0.1, 0.15) is 51.9 Å². The summed E-state index contributed by atoms with van der Waals surface area (Å²) < 4.78 is 28.1. The summed E-state index contributed by atoms with van der Waals surface area (Å²) in [7, 11) is -4.09. The number of carbonyl (C=O) groups is 1. The minimum atomic E-state index is -4.09. The van der Waals surface area contributed by atoms with E-state index in [1.165, 1.54) is 30.7 Å². The molecule has 1 rings (SSSR count). The first-order chi connectivity index (χ1) is 9.95. The van der Waals surface area contributed by atoms with Gasteiger partial charge < -0.3 is 9.29 Å². The van der Waals surface area contributed by atoms with Gasteiger partial charge in [0.25, 0.3) is 0 Å². The number of hydrogen-bond acceptors (Lipinski definition) is 5. The van der Waals surface area contributed by atoms with E-state index in [9.17, 15) is 13.2 Å². The van der Waals surface area contributed by atoms with E-state index < -0.39 is 16.1 Å². The second-order valence-corrected chi connectivity index (χ2v) is 6.47. The molecule has 118 valence electrons. The SMILES string of the molecule is CCCCCCCCC(=O)OS(=O)(=O)c1ccc(O)cc1. The van der Waals surface area contributed by atoms with Crippen LogP contribution in [-0.4, -0.2) is 19.5 Å². The van der Waals surface area contributed by atoms with Crippen LogP contribution in [0.4, 0.5) is 0 Å². The van der Waals surface area contributed by atoms with Crippen LogP contribution in [0.2, 0.25) is 0 Å². The van der Waals surface area contributed by atoms with E-state index in [0.717, 1.165) is 25.7 Å². The molecule has 0 aromatic heterocycles. The molecule has 0 spiro atoms. The van der Waals surface area contributed by atoms with Crippen molar-refractivity contribution in [2.75, 3.05) is 0 Å². The molecule has 0 heterocycles. The highest BCUT2D eigenvalue weighted by Gasteiger charge is 2.19. The van der Waals surface area contributed by atoms with E-state index in [2.05, 4.69) is 11.1 Å². The third kappa shape index (κ3) is 6.62.